The molecule has 0 aliphatic heterocycles. The Morgan fingerprint density at radius 1 is 1.19 bits per heavy atom. The number of pyridine rings is 1. The van der Waals surface area contributed by atoms with E-state index in [9.17, 15) is 19.7 Å². The van der Waals surface area contributed by atoms with E-state index in [2.05, 4.69) is 0 Å². The predicted molar refractivity (Wildman–Crippen MR) is 74.2 cm³/mol. The van der Waals surface area contributed by atoms with Gasteiger partial charge in [0, 0.05) is 12.3 Å². The summed E-state index contributed by atoms with van der Waals surface area (Å²) in [6.07, 6.45) is 1.27. The number of rotatable bonds is 5. The Hall–Kier alpha value is -2.96. The zero-order valence-corrected chi connectivity index (χ0v) is 10.9. The van der Waals surface area contributed by atoms with Crippen molar-refractivity contribution in [3.05, 3.63) is 74.2 Å². The lowest BCUT2D eigenvalue weighted by Gasteiger charge is -2.09. The molecular weight excluding hydrogens is 276 g/mol. The van der Waals surface area contributed by atoms with Crippen LogP contribution in [0.2, 0.25) is 0 Å². The Kier molecular flexibility index (Phi) is 4.13. The van der Waals surface area contributed by atoms with Crippen molar-refractivity contribution in [1.29, 1.82) is 0 Å². The van der Waals surface area contributed by atoms with Gasteiger partial charge in [0.1, 0.15) is 0 Å². The standard InChI is InChI=1S/C14H12N2O5/c17-13(18)8-10-4-1-2-5-11(10)9-15-7-3-6-12(14(15)19)16(20)21/h1-7H,8-9H2,(H,17,18). The Bertz CT molecular complexity index is 751. The largest absolute Gasteiger partial charge is 0.481 e. The first-order chi connectivity index (χ1) is 9.99. The van der Waals surface area contributed by atoms with Crippen LogP contribution in [0.5, 0.6) is 0 Å². The maximum Gasteiger partial charge on any atom is 0.334 e. The molecule has 0 saturated heterocycles. The van der Waals surface area contributed by atoms with E-state index in [0.29, 0.717) is 11.1 Å². The van der Waals surface area contributed by atoms with E-state index in [1.54, 1.807) is 24.3 Å². The minimum absolute atomic E-state index is 0.0873. The number of carbonyl (C=O) groups is 1. The fraction of sp³-hybridized carbons (Fsp3) is 0.143. The molecule has 0 atom stereocenters. The first kappa shape index (κ1) is 14.4. The lowest BCUT2D eigenvalue weighted by atomic mass is 10.0. The summed E-state index contributed by atoms with van der Waals surface area (Å²) in [5, 5.41) is 19.6. The molecule has 7 nitrogen and oxygen atoms in total. The van der Waals surface area contributed by atoms with Gasteiger partial charge in [-0.15, -0.1) is 0 Å². The molecule has 2 rings (SSSR count). The van der Waals surface area contributed by atoms with Crippen molar-refractivity contribution in [2.75, 3.05) is 0 Å². The van der Waals surface area contributed by atoms with Crippen LogP contribution in [0.4, 0.5) is 5.69 Å². The van der Waals surface area contributed by atoms with E-state index in [1.165, 1.54) is 16.8 Å². The van der Waals surface area contributed by atoms with Crippen LogP contribution >= 0.6 is 0 Å². The first-order valence-corrected chi connectivity index (χ1v) is 6.11. The number of carboxylic acid groups (broad SMARTS) is 1. The molecule has 0 fully saturated rings. The molecule has 2 aromatic rings. The molecule has 1 aromatic heterocycles. The van der Waals surface area contributed by atoms with Crippen LogP contribution in [0.3, 0.4) is 0 Å². The molecule has 7 heteroatoms. The van der Waals surface area contributed by atoms with E-state index in [-0.39, 0.29) is 13.0 Å². The summed E-state index contributed by atoms with van der Waals surface area (Å²) in [7, 11) is 0. The van der Waals surface area contributed by atoms with Crippen LogP contribution in [0.25, 0.3) is 0 Å². The van der Waals surface area contributed by atoms with E-state index in [1.807, 2.05) is 0 Å². The van der Waals surface area contributed by atoms with Gasteiger partial charge in [0.05, 0.1) is 17.9 Å². The van der Waals surface area contributed by atoms with E-state index >= 15 is 0 Å². The van der Waals surface area contributed by atoms with Gasteiger partial charge in [0.2, 0.25) is 0 Å². The van der Waals surface area contributed by atoms with Crippen molar-refractivity contribution in [2.45, 2.75) is 13.0 Å². The Labute approximate surface area is 119 Å². The average Bonchev–Trinajstić information content (AvgIpc) is 2.42. The van der Waals surface area contributed by atoms with Crippen molar-refractivity contribution < 1.29 is 14.8 Å². The topological polar surface area (TPSA) is 102 Å². The van der Waals surface area contributed by atoms with Gasteiger partial charge < -0.3 is 9.67 Å². The number of aliphatic carboxylic acids is 1. The molecule has 0 bridgehead atoms. The fourth-order valence-corrected chi connectivity index (χ4v) is 2.02. The summed E-state index contributed by atoms with van der Waals surface area (Å²) in [6, 6.07) is 9.35. The molecule has 1 aromatic carbocycles. The molecule has 0 unspecified atom stereocenters. The molecule has 21 heavy (non-hydrogen) atoms. The Morgan fingerprint density at radius 3 is 2.48 bits per heavy atom. The molecule has 0 aliphatic carbocycles. The van der Waals surface area contributed by atoms with E-state index in [4.69, 9.17) is 5.11 Å². The summed E-state index contributed by atoms with van der Waals surface area (Å²) < 4.78 is 1.19. The molecule has 0 aliphatic rings. The minimum Gasteiger partial charge on any atom is -0.481 e. The predicted octanol–water partition coefficient (Wildman–Crippen LogP) is 1.43. The lowest BCUT2D eigenvalue weighted by Crippen LogP contribution is -2.22. The van der Waals surface area contributed by atoms with Gasteiger partial charge in [0.15, 0.2) is 0 Å². The van der Waals surface area contributed by atoms with Gasteiger partial charge in [-0.2, -0.15) is 0 Å². The van der Waals surface area contributed by atoms with Gasteiger partial charge in [0.25, 0.3) is 0 Å². The highest BCUT2D eigenvalue weighted by atomic mass is 16.6. The molecule has 108 valence electrons. The molecular formula is C14H12N2O5. The number of benzene rings is 1. The third kappa shape index (κ3) is 3.33. The Morgan fingerprint density at radius 2 is 1.86 bits per heavy atom. The molecule has 0 saturated carbocycles. The highest BCUT2D eigenvalue weighted by Crippen LogP contribution is 2.12. The van der Waals surface area contributed by atoms with Crippen molar-refractivity contribution in [1.82, 2.24) is 4.57 Å². The molecule has 0 radical (unpaired) electrons. The average molecular weight is 288 g/mol. The molecule has 1 N–H and O–H groups in total. The number of nitrogens with zero attached hydrogens (tertiary/aromatic N) is 2. The minimum atomic E-state index is -0.978. The van der Waals surface area contributed by atoms with Crippen LogP contribution in [-0.4, -0.2) is 20.6 Å². The van der Waals surface area contributed by atoms with Gasteiger partial charge in [-0.25, -0.2) is 0 Å². The third-order valence-electron chi connectivity index (χ3n) is 3.00. The van der Waals surface area contributed by atoms with Crippen LogP contribution in [0.15, 0.2) is 47.4 Å². The number of aromatic nitrogens is 1. The van der Waals surface area contributed by atoms with E-state index in [0.717, 1.165) is 6.07 Å². The second-order valence-electron chi connectivity index (χ2n) is 4.42. The summed E-state index contributed by atoms with van der Waals surface area (Å²) in [4.78, 5) is 32.8. The summed E-state index contributed by atoms with van der Waals surface area (Å²) in [6.45, 7) is 0.0873. The van der Waals surface area contributed by atoms with Crippen molar-refractivity contribution >= 4 is 11.7 Å². The lowest BCUT2D eigenvalue weighted by molar-refractivity contribution is -0.386. The number of nitro groups is 1. The van der Waals surface area contributed by atoms with Gasteiger partial charge in [-0.05, 0) is 17.2 Å². The van der Waals surface area contributed by atoms with Gasteiger partial charge in [-0.3, -0.25) is 19.7 Å². The summed E-state index contributed by atoms with van der Waals surface area (Å²) in [5.41, 5.74) is -0.00764. The number of hydrogen-bond donors (Lipinski definition) is 1. The van der Waals surface area contributed by atoms with Crippen molar-refractivity contribution in [3.63, 3.8) is 0 Å². The number of carboxylic acids is 1. The van der Waals surface area contributed by atoms with Crippen LogP contribution in [-0.2, 0) is 17.8 Å². The zero-order valence-electron chi connectivity index (χ0n) is 10.9. The molecule has 0 amide bonds. The maximum atomic E-state index is 12.0. The van der Waals surface area contributed by atoms with Gasteiger partial charge >= 0.3 is 17.2 Å². The zero-order chi connectivity index (χ0) is 15.4. The van der Waals surface area contributed by atoms with Gasteiger partial charge in [-0.1, -0.05) is 24.3 Å². The van der Waals surface area contributed by atoms with Crippen LogP contribution in [0.1, 0.15) is 11.1 Å². The second kappa shape index (κ2) is 6.00. The highest BCUT2D eigenvalue weighted by Gasteiger charge is 2.14. The van der Waals surface area contributed by atoms with Crippen molar-refractivity contribution in [3.8, 4) is 0 Å². The maximum absolute atomic E-state index is 12.0. The highest BCUT2D eigenvalue weighted by molar-refractivity contribution is 5.70. The summed E-state index contributed by atoms with van der Waals surface area (Å²) >= 11 is 0. The smallest absolute Gasteiger partial charge is 0.334 e. The van der Waals surface area contributed by atoms with Crippen LogP contribution in [0, 0.1) is 10.1 Å². The fourth-order valence-electron chi connectivity index (χ4n) is 2.02. The molecule has 0 spiro atoms. The monoisotopic (exact) mass is 288 g/mol. The summed E-state index contributed by atoms with van der Waals surface area (Å²) in [5.74, 6) is -0.978. The normalized spacial score (nSPS) is 10.3. The number of hydrogen-bond acceptors (Lipinski definition) is 4. The first-order valence-electron chi connectivity index (χ1n) is 6.11. The molecule has 1 heterocycles. The van der Waals surface area contributed by atoms with Crippen LogP contribution < -0.4 is 5.56 Å². The quantitative estimate of drug-likeness (QED) is 0.662. The third-order valence-corrected chi connectivity index (χ3v) is 3.00. The second-order valence-corrected chi connectivity index (χ2v) is 4.42. The SMILES string of the molecule is O=C(O)Cc1ccccc1Cn1cccc([N+](=O)[O-])c1=O. The van der Waals surface area contributed by atoms with Crippen molar-refractivity contribution in [2.24, 2.45) is 0 Å². The van der Waals surface area contributed by atoms with E-state index < -0.39 is 22.1 Å². The Balaban J connectivity index is 2.39.